The molecule has 376 valence electrons. The van der Waals surface area contributed by atoms with Crippen LogP contribution >= 0.6 is 0 Å². The van der Waals surface area contributed by atoms with Crippen LogP contribution in [-0.4, -0.2) is 289 Å². The Morgan fingerprint density at radius 3 is 1.43 bits per heavy atom. The van der Waals surface area contributed by atoms with Crippen LogP contribution in [0.3, 0.4) is 0 Å². The third-order valence-corrected chi connectivity index (χ3v) is 11.2. The monoisotopic (exact) mass is 956 g/mol. The zero-order chi connectivity index (χ0) is 48.9. The van der Waals surface area contributed by atoms with E-state index >= 15 is 0 Å². The van der Waals surface area contributed by atoms with Gasteiger partial charge in [-0.15, -0.1) is 0 Å². The summed E-state index contributed by atoms with van der Waals surface area (Å²) >= 11 is 0. The zero-order valence-electron chi connectivity index (χ0n) is 33.7. The maximum atomic E-state index is 12.7. The molecule has 0 spiro atoms. The first-order valence-electron chi connectivity index (χ1n) is 19.7. The number of aliphatic hydroxyl groups is 16. The van der Waals surface area contributed by atoms with Gasteiger partial charge in [0, 0.05) is 12.8 Å². The fraction of sp³-hybridized carbons (Fsp3) is 0.882. The van der Waals surface area contributed by atoms with Crippen LogP contribution in [0.1, 0.15) is 12.8 Å². The van der Waals surface area contributed by atoms with Gasteiger partial charge in [0.1, 0.15) is 98.7 Å². The number of carboxylic acid groups (broad SMARTS) is 2. The first kappa shape index (κ1) is 54.6. The molecule has 0 radical (unpaired) electrons. The molecule has 4 aliphatic rings. The normalized spacial score (nSPS) is 42.0. The van der Waals surface area contributed by atoms with Crippen LogP contribution in [0.2, 0.25) is 0 Å². The number of carbonyl (C=O) groups is 4. The minimum Gasteiger partial charge on any atom is -0.477 e. The molecule has 0 saturated carbocycles. The predicted molar refractivity (Wildman–Crippen MR) is 194 cm³/mol. The molecule has 0 aromatic rings. The van der Waals surface area contributed by atoms with Gasteiger partial charge in [-0.1, -0.05) is 0 Å². The van der Waals surface area contributed by atoms with Crippen molar-refractivity contribution < 1.29 is 144 Å². The molecule has 3 unspecified atom stereocenters. The van der Waals surface area contributed by atoms with Gasteiger partial charge in [0.05, 0.1) is 50.7 Å². The van der Waals surface area contributed by atoms with Gasteiger partial charge in [-0.3, -0.25) is 9.59 Å². The van der Waals surface area contributed by atoms with E-state index in [1.807, 2.05) is 0 Å². The molecule has 31 nitrogen and oxygen atoms in total. The quantitative estimate of drug-likeness (QED) is 0.0539. The Labute approximate surface area is 365 Å². The van der Waals surface area contributed by atoms with Crippen LogP contribution in [0.5, 0.6) is 0 Å². The van der Waals surface area contributed by atoms with Gasteiger partial charge in [0.2, 0.25) is 11.8 Å². The molecule has 22 atom stereocenters. The Kier molecular flexibility index (Phi) is 19.2. The van der Waals surface area contributed by atoms with Gasteiger partial charge in [0.25, 0.3) is 11.6 Å². The van der Waals surface area contributed by atoms with Crippen molar-refractivity contribution in [1.82, 2.24) is 10.6 Å². The van der Waals surface area contributed by atoms with Crippen molar-refractivity contribution in [2.45, 2.75) is 147 Å². The molecule has 2 amide bonds. The first-order chi connectivity index (χ1) is 30.4. The lowest BCUT2D eigenvalue weighted by Gasteiger charge is -2.48. The Bertz CT molecular complexity index is 1600. The smallest absolute Gasteiger partial charge is 0.364 e. The second-order valence-corrected chi connectivity index (χ2v) is 15.6. The van der Waals surface area contributed by atoms with Gasteiger partial charge >= 0.3 is 11.9 Å². The van der Waals surface area contributed by atoms with Crippen molar-refractivity contribution in [3.05, 3.63) is 0 Å². The summed E-state index contributed by atoms with van der Waals surface area (Å²) in [6, 6.07) is -3.64. The molecular weight excluding hydrogens is 900 g/mol. The molecule has 0 aliphatic carbocycles. The number of carbonyl (C=O) groups excluding carboxylic acids is 2. The molecule has 0 aromatic heterocycles. The van der Waals surface area contributed by atoms with Crippen molar-refractivity contribution in [1.29, 1.82) is 0 Å². The van der Waals surface area contributed by atoms with Crippen molar-refractivity contribution in [2.24, 2.45) is 0 Å². The van der Waals surface area contributed by atoms with Crippen molar-refractivity contribution in [2.75, 3.05) is 39.6 Å². The van der Waals surface area contributed by atoms with Crippen molar-refractivity contribution in [3.63, 3.8) is 0 Å². The molecule has 0 aromatic carbocycles. The predicted octanol–water partition coefficient (Wildman–Crippen LogP) is -13.1. The van der Waals surface area contributed by atoms with E-state index in [1.165, 1.54) is 0 Å². The Balaban J connectivity index is 1.58. The summed E-state index contributed by atoms with van der Waals surface area (Å²) in [5.41, 5.74) is 0. The lowest BCUT2D eigenvalue weighted by atomic mass is 9.88. The molecule has 65 heavy (non-hydrogen) atoms. The number of rotatable bonds is 20. The molecule has 0 bridgehead atoms. The maximum absolute atomic E-state index is 12.7. The Hall–Kier alpha value is -3.04. The van der Waals surface area contributed by atoms with Crippen LogP contribution in [0.25, 0.3) is 0 Å². The SMILES string of the molecule is O=C(CO)N[C@H]1[C@H]([C@H](O)[C@H](O)CO)O[C@@](OC[C@H]2OC(O[C@H](CO)[C@@H](O)[C@@H]3OC(OC[C@H]4OC(O)[C@H](O)[C@@H](O)[C@@H]4O)(C(=O)O)C[C@H](O)[C@H]3NC(=O)CO)[C@H](O)[C@@H](O)[C@@H]2O)(C(=O)O)C[C@@H]1O. The summed E-state index contributed by atoms with van der Waals surface area (Å²) in [6.45, 7) is -7.12. The largest absolute Gasteiger partial charge is 0.477 e. The summed E-state index contributed by atoms with van der Waals surface area (Å²) < 4.78 is 37.9. The van der Waals surface area contributed by atoms with Crippen LogP contribution in [0.4, 0.5) is 0 Å². The summed E-state index contributed by atoms with van der Waals surface area (Å²) in [5, 5.41) is 190. The Morgan fingerprint density at radius 2 is 1.02 bits per heavy atom. The summed E-state index contributed by atoms with van der Waals surface area (Å²) in [6.07, 6.45) is -40.6. The standard InChI is InChI=1S/C34H56N2O29/c37-3-11(43)19(46)27-17(35-15(44)5-39)9(41)1-33(64-27,31(55)56)60-8-14-21(48)24(51)26(53)30(63-14)62-12(4-38)22(49)28-18(36-16(45)6-40)10(42)2-34(65-28,32(57)58)59-7-13-20(47)23(50)25(52)29(54)61-13/h9-14,17-30,37-43,46-54H,1-8H2,(H,35,44)(H,36,45)(H,55,56)(H,57,58)/t9-,10-,11+,12+,13+,14+,17+,18+,19+,20+,21+,22+,23-,24-,25+,26+,27+,28+,29?,30?,33+,34?/m0/s1. The number of aliphatic hydroxyl groups excluding tert-OH is 16. The van der Waals surface area contributed by atoms with Crippen LogP contribution in [0.15, 0.2) is 0 Å². The lowest BCUT2D eigenvalue weighted by Crippen LogP contribution is -2.69. The minimum atomic E-state index is -3.07. The third kappa shape index (κ3) is 12.0. The molecule has 20 N–H and O–H groups in total. The van der Waals surface area contributed by atoms with Gasteiger partial charge in [-0.05, 0) is 0 Å². The summed E-state index contributed by atoms with van der Waals surface area (Å²) in [7, 11) is 0. The minimum absolute atomic E-state index is 1.07. The number of hydrogen-bond donors (Lipinski definition) is 20. The van der Waals surface area contributed by atoms with E-state index in [2.05, 4.69) is 10.6 Å². The van der Waals surface area contributed by atoms with E-state index in [9.17, 15) is 111 Å². The molecule has 4 fully saturated rings. The average Bonchev–Trinajstić information content (AvgIpc) is 3.27. The number of ether oxygens (including phenoxy) is 7. The van der Waals surface area contributed by atoms with Crippen LogP contribution < -0.4 is 10.6 Å². The molecule has 4 aliphatic heterocycles. The van der Waals surface area contributed by atoms with Crippen LogP contribution in [-0.2, 0) is 52.3 Å². The molecular formula is C34H56N2O29. The van der Waals surface area contributed by atoms with E-state index in [-0.39, 0.29) is 0 Å². The fourth-order valence-corrected chi connectivity index (χ4v) is 7.50. The summed E-state index contributed by atoms with van der Waals surface area (Å²) in [5.74, 6) is -12.6. The van der Waals surface area contributed by atoms with Gasteiger partial charge in [-0.2, -0.15) is 0 Å². The molecule has 4 heterocycles. The Morgan fingerprint density at radius 1 is 0.585 bits per heavy atom. The highest BCUT2D eigenvalue weighted by Gasteiger charge is 2.59. The molecule has 4 saturated heterocycles. The highest BCUT2D eigenvalue weighted by atomic mass is 16.8. The second kappa shape index (κ2) is 22.8. The number of amides is 2. The lowest BCUT2D eigenvalue weighted by molar-refractivity contribution is -0.354. The number of hydrogen-bond acceptors (Lipinski definition) is 27. The van der Waals surface area contributed by atoms with E-state index in [4.69, 9.17) is 33.2 Å². The van der Waals surface area contributed by atoms with Gasteiger partial charge in [-0.25, -0.2) is 9.59 Å². The van der Waals surface area contributed by atoms with Gasteiger partial charge < -0.3 is 136 Å². The highest BCUT2D eigenvalue weighted by molar-refractivity contribution is 5.79. The number of aliphatic carboxylic acids is 2. The number of nitrogens with one attached hydrogen (secondary N) is 2. The fourth-order valence-electron chi connectivity index (χ4n) is 7.50. The molecule has 4 rings (SSSR count). The maximum Gasteiger partial charge on any atom is 0.364 e. The van der Waals surface area contributed by atoms with Crippen molar-refractivity contribution in [3.8, 4) is 0 Å². The average molecular weight is 957 g/mol. The zero-order valence-corrected chi connectivity index (χ0v) is 33.7. The van der Waals surface area contributed by atoms with E-state index in [1.54, 1.807) is 0 Å². The third-order valence-electron chi connectivity index (χ3n) is 11.2. The summed E-state index contributed by atoms with van der Waals surface area (Å²) in [4.78, 5) is 49.6. The second-order valence-electron chi connectivity index (χ2n) is 15.6. The van der Waals surface area contributed by atoms with Crippen molar-refractivity contribution >= 4 is 23.8 Å². The molecule has 31 heteroatoms. The van der Waals surface area contributed by atoms with Crippen LogP contribution in [0, 0.1) is 0 Å². The topological polar surface area (TPSA) is 521 Å². The van der Waals surface area contributed by atoms with E-state index in [0.717, 1.165) is 0 Å². The van der Waals surface area contributed by atoms with E-state index < -0.39 is 210 Å². The highest BCUT2D eigenvalue weighted by Crippen LogP contribution is 2.37. The first-order valence-corrected chi connectivity index (χ1v) is 19.7. The van der Waals surface area contributed by atoms with Gasteiger partial charge in [0.15, 0.2) is 12.6 Å². The number of carboxylic acids is 2. The van der Waals surface area contributed by atoms with E-state index in [0.29, 0.717) is 0 Å².